The first-order valence-corrected chi connectivity index (χ1v) is 6.10. The van der Waals surface area contributed by atoms with Crippen LogP contribution in [0.3, 0.4) is 0 Å². The maximum absolute atomic E-state index is 9.45. The second-order valence-corrected chi connectivity index (χ2v) is 4.71. The van der Waals surface area contributed by atoms with Crippen LogP contribution in [-0.2, 0) is 10.3 Å². The lowest BCUT2D eigenvalue weighted by molar-refractivity contribution is -0.0218. The van der Waals surface area contributed by atoms with Crippen LogP contribution < -0.4 is 0 Å². The van der Waals surface area contributed by atoms with Crippen molar-refractivity contribution in [2.24, 2.45) is 0 Å². The molecule has 1 heterocycles. The standard InChI is InChI=1S/C11H19NO2S/c1-5-11(6-2,14-4)10-12-7-9(15-10)8(3)13/h7-8,13H,5-6H2,1-4H3. The van der Waals surface area contributed by atoms with E-state index in [9.17, 15) is 5.11 Å². The van der Waals surface area contributed by atoms with E-state index in [1.54, 1.807) is 20.2 Å². The molecule has 3 nitrogen and oxygen atoms in total. The van der Waals surface area contributed by atoms with Crippen LogP contribution in [0.1, 0.15) is 49.6 Å². The Labute approximate surface area is 95.1 Å². The van der Waals surface area contributed by atoms with Crippen molar-refractivity contribution >= 4 is 11.3 Å². The smallest absolute Gasteiger partial charge is 0.125 e. The van der Waals surface area contributed by atoms with Gasteiger partial charge in [-0.2, -0.15) is 0 Å². The van der Waals surface area contributed by atoms with Crippen molar-refractivity contribution in [1.82, 2.24) is 4.98 Å². The zero-order valence-corrected chi connectivity index (χ0v) is 10.6. The zero-order chi connectivity index (χ0) is 11.5. The second kappa shape index (κ2) is 5.05. The van der Waals surface area contributed by atoms with Gasteiger partial charge >= 0.3 is 0 Å². The van der Waals surface area contributed by atoms with Crippen LogP contribution in [0.15, 0.2) is 6.20 Å². The predicted octanol–water partition coefficient (Wildman–Crippen LogP) is 2.86. The lowest BCUT2D eigenvalue weighted by Crippen LogP contribution is -2.26. The molecule has 0 saturated heterocycles. The number of aliphatic hydroxyl groups excluding tert-OH is 1. The van der Waals surface area contributed by atoms with Crippen LogP contribution in [0.25, 0.3) is 0 Å². The SMILES string of the molecule is CCC(CC)(OC)c1ncc(C(C)O)s1. The Bertz CT molecular complexity index is 297. The minimum absolute atomic E-state index is 0.280. The molecule has 15 heavy (non-hydrogen) atoms. The Morgan fingerprint density at radius 3 is 2.47 bits per heavy atom. The molecule has 1 atom stereocenters. The van der Waals surface area contributed by atoms with Crippen LogP contribution in [0.4, 0.5) is 0 Å². The van der Waals surface area contributed by atoms with Crippen LogP contribution in [0.5, 0.6) is 0 Å². The summed E-state index contributed by atoms with van der Waals surface area (Å²) in [6.45, 7) is 5.94. The summed E-state index contributed by atoms with van der Waals surface area (Å²) in [4.78, 5) is 5.25. The number of hydrogen-bond donors (Lipinski definition) is 1. The number of thiazole rings is 1. The summed E-state index contributed by atoms with van der Waals surface area (Å²) in [7, 11) is 1.72. The molecule has 0 aromatic carbocycles. The van der Waals surface area contributed by atoms with Crippen molar-refractivity contribution in [3.63, 3.8) is 0 Å². The molecule has 4 heteroatoms. The van der Waals surface area contributed by atoms with Crippen molar-refractivity contribution in [1.29, 1.82) is 0 Å². The molecule has 0 bridgehead atoms. The topological polar surface area (TPSA) is 42.4 Å². The van der Waals surface area contributed by atoms with Gasteiger partial charge in [0.25, 0.3) is 0 Å². The van der Waals surface area contributed by atoms with Crippen molar-refractivity contribution in [2.75, 3.05) is 7.11 Å². The summed E-state index contributed by atoms with van der Waals surface area (Å²) in [5.74, 6) is 0. The van der Waals surface area contributed by atoms with Gasteiger partial charge in [0, 0.05) is 13.3 Å². The highest BCUT2D eigenvalue weighted by atomic mass is 32.1. The Balaban J connectivity index is 3.01. The number of methoxy groups -OCH3 is 1. The van der Waals surface area contributed by atoms with Crippen molar-refractivity contribution in [3.8, 4) is 0 Å². The fourth-order valence-electron chi connectivity index (χ4n) is 1.62. The summed E-state index contributed by atoms with van der Waals surface area (Å²) in [5, 5.41) is 10.4. The van der Waals surface area contributed by atoms with E-state index in [0.29, 0.717) is 0 Å². The maximum atomic E-state index is 9.45. The summed E-state index contributed by atoms with van der Waals surface area (Å²) >= 11 is 1.54. The molecule has 1 aromatic heterocycles. The van der Waals surface area contributed by atoms with E-state index in [1.807, 2.05) is 0 Å². The van der Waals surface area contributed by atoms with Crippen LogP contribution in [0.2, 0.25) is 0 Å². The number of hydrogen-bond acceptors (Lipinski definition) is 4. The zero-order valence-electron chi connectivity index (χ0n) is 9.78. The van der Waals surface area contributed by atoms with Gasteiger partial charge in [-0.25, -0.2) is 4.98 Å². The van der Waals surface area contributed by atoms with Gasteiger partial charge in [-0.05, 0) is 19.8 Å². The third kappa shape index (κ3) is 2.38. The van der Waals surface area contributed by atoms with E-state index in [0.717, 1.165) is 22.7 Å². The molecule has 0 aliphatic carbocycles. The number of aromatic nitrogens is 1. The van der Waals surface area contributed by atoms with Gasteiger partial charge in [-0.15, -0.1) is 11.3 Å². The molecule has 86 valence electrons. The van der Waals surface area contributed by atoms with Gasteiger partial charge in [0.2, 0.25) is 0 Å². The van der Waals surface area contributed by atoms with Gasteiger partial charge in [0.1, 0.15) is 10.6 Å². The molecule has 1 N–H and O–H groups in total. The fraction of sp³-hybridized carbons (Fsp3) is 0.727. The lowest BCUT2D eigenvalue weighted by Gasteiger charge is -2.27. The highest BCUT2D eigenvalue weighted by Gasteiger charge is 2.31. The molecular formula is C11H19NO2S. The van der Waals surface area contributed by atoms with Gasteiger partial charge in [-0.1, -0.05) is 13.8 Å². The maximum Gasteiger partial charge on any atom is 0.125 e. The normalized spacial score (nSPS) is 14.2. The van der Waals surface area contributed by atoms with E-state index in [1.165, 1.54) is 11.3 Å². The van der Waals surface area contributed by atoms with Crippen molar-refractivity contribution in [2.45, 2.75) is 45.3 Å². The van der Waals surface area contributed by atoms with E-state index in [-0.39, 0.29) is 5.60 Å². The number of ether oxygens (including phenoxy) is 1. The largest absolute Gasteiger partial charge is 0.388 e. The summed E-state index contributed by atoms with van der Waals surface area (Å²) in [6, 6.07) is 0. The first-order valence-electron chi connectivity index (χ1n) is 5.29. The molecule has 0 aliphatic rings. The van der Waals surface area contributed by atoms with E-state index < -0.39 is 6.10 Å². The molecule has 0 radical (unpaired) electrons. The molecular weight excluding hydrogens is 210 g/mol. The minimum Gasteiger partial charge on any atom is -0.388 e. The number of aliphatic hydroxyl groups is 1. The Kier molecular flexibility index (Phi) is 4.25. The highest BCUT2D eigenvalue weighted by molar-refractivity contribution is 7.11. The molecule has 0 fully saturated rings. The summed E-state index contributed by atoms with van der Waals surface area (Å²) in [5.41, 5.74) is -0.280. The Morgan fingerprint density at radius 1 is 1.53 bits per heavy atom. The van der Waals surface area contributed by atoms with Gasteiger partial charge in [-0.3, -0.25) is 0 Å². The third-order valence-corrected chi connectivity index (χ3v) is 4.21. The minimum atomic E-state index is -0.445. The monoisotopic (exact) mass is 229 g/mol. The average molecular weight is 229 g/mol. The van der Waals surface area contributed by atoms with E-state index >= 15 is 0 Å². The summed E-state index contributed by atoms with van der Waals surface area (Å²) in [6.07, 6.45) is 3.09. The van der Waals surface area contributed by atoms with Gasteiger partial charge in [0.15, 0.2) is 0 Å². The molecule has 1 unspecified atom stereocenters. The lowest BCUT2D eigenvalue weighted by atomic mass is 9.98. The molecule has 0 amide bonds. The molecule has 1 rings (SSSR count). The van der Waals surface area contributed by atoms with Gasteiger partial charge < -0.3 is 9.84 Å². The van der Waals surface area contributed by atoms with Crippen LogP contribution in [0, 0.1) is 0 Å². The Morgan fingerprint density at radius 2 is 2.13 bits per heavy atom. The first kappa shape index (κ1) is 12.6. The van der Waals surface area contributed by atoms with Crippen LogP contribution >= 0.6 is 11.3 Å². The van der Waals surface area contributed by atoms with Crippen molar-refractivity contribution < 1.29 is 9.84 Å². The van der Waals surface area contributed by atoms with E-state index in [2.05, 4.69) is 18.8 Å². The molecule has 0 aliphatic heterocycles. The average Bonchev–Trinajstić information content (AvgIpc) is 2.71. The Hall–Kier alpha value is -0.450. The third-order valence-electron chi connectivity index (χ3n) is 2.86. The van der Waals surface area contributed by atoms with Crippen LogP contribution in [-0.4, -0.2) is 17.2 Å². The molecule has 0 saturated carbocycles. The number of rotatable bonds is 5. The van der Waals surface area contributed by atoms with E-state index in [4.69, 9.17) is 4.74 Å². The highest BCUT2D eigenvalue weighted by Crippen LogP contribution is 2.36. The van der Waals surface area contributed by atoms with Crippen molar-refractivity contribution in [3.05, 3.63) is 16.1 Å². The second-order valence-electron chi connectivity index (χ2n) is 3.65. The molecule has 1 aromatic rings. The summed E-state index contributed by atoms with van der Waals surface area (Å²) < 4.78 is 5.58. The first-order chi connectivity index (χ1) is 7.09. The number of nitrogens with zero attached hydrogens (tertiary/aromatic N) is 1. The van der Waals surface area contributed by atoms with Gasteiger partial charge in [0.05, 0.1) is 11.0 Å². The predicted molar refractivity (Wildman–Crippen MR) is 62.0 cm³/mol. The quantitative estimate of drug-likeness (QED) is 0.844. The molecule has 0 spiro atoms. The fourth-order valence-corrected chi connectivity index (χ4v) is 2.78.